The Bertz CT molecular complexity index is 974. The molecule has 0 spiro atoms. The molecule has 1 aliphatic heterocycles. The van der Waals surface area contributed by atoms with Crippen molar-refractivity contribution in [3.8, 4) is 0 Å². The standard InChI is InChI=1S/C20H20BrF3N2O2/c1-3-11-7-5-8-12(4-2)16(11)25-19(28)14-17(27)15(21)13-9-6-10-26(13)18(14)20(22,23)24/h5,7-8H,3-4,6,9-10H2,1-2H3,(H,25,28). The molecule has 1 aliphatic rings. The lowest BCUT2D eigenvalue weighted by atomic mass is 10.0. The summed E-state index contributed by atoms with van der Waals surface area (Å²) in [6, 6.07) is 5.46. The van der Waals surface area contributed by atoms with Crippen LogP contribution < -0.4 is 10.7 Å². The average Bonchev–Trinajstić information content (AvgIpc) is 3.12. The number of alkyl halides is 3. The Morgan fingerprint density at radius 3 is 2.36 bits per heavy atom. The van der Waals surface area contributed by atoms with Gasteiger partial charge in [-0.05, 0) is 52.7 Å². The number of fused-ring (bicyclic) bond motifs is 1. The molecule has 0 fully saturated rings. The Morgan fingerprint density at radius 1 is 1.21 bits per heavy atom. The van der Waals surface area contributed by atoms with Gasteiger partial charge < -0.3 is 9.88 Å². The minimum atomic E-state index is -4.82. The molecular weight excluding hydrogens is 437 g/mol. The first-order valence-corrected chi connectivity index (χ1v) is 9.94. The molecule has 0 bridgehead atoms. The van der Waals surface area contributed by atoms with Gasteiger partial charge in [-0.3, -0.25) is 9.59 Å². The Kier molecular flexibility index (Phi) is 5.70. The van der Waals surface area contributed by atoms with Crippen LogP contribution in [0.2, 0.25) is 0 Å². The van der Waals surface area contributed by atoms with E-state index in [1.807, 2.05) is 32.0 Å². The highest BCUT2D eigenvalue weighted by molar-refractivity contribution is 9.10. The first-order valence-electron chi connectivity index (χ1n) is 9.15. The van der Waals surface area contributed by atoms with E-state index in [4.69, 9.17) is 0 Å². The Morgan fingerprint density at radius 2 is 1.82 bits per heavy atom. The molecule has 1 aromatic heterocycles. The minimum Gasteiger partial charge on any atom is -0.339 e. The van der Waals surface area contributed by atoms with Crippen molar-refractivity contribution >= 4 is 27.5 Å². The Labute approximate surface area is 168 Å². The summed E-state index contributed by atoms with van der Waals surface area (Å²) in [6.45, 7) is 3.91. The van der Waals surface area contributed by atoms with Crippen molar-refractivity contribution in [2.75, 3.05) is 5.32 Å². The zero-order valence-corrected chi connectivity index (χ0v) is 17.1. The molecule has 8 heteroatoms. The fourth-order valence-corrected chi connectivity index (χ4v) is 4.33. The van der Waals surface area contributed by atoms with Gasteiger partial charge in [0.15, 0.2) is 0 Å². The summed E-state index contributed by atoms with van der Waals surface area (Å²) < 4.78 is 42.6. The van der Waals surface area contributed by atoms with Crippen molar-refractivity contribution in [3.63, 3.8) is 0 Å². The lowest BCUT2D eigenvalue weighted by Gasteiger charge is -2.21. The van der Waals surface area contributed by atoms with E-state index in [0.717, 1.165) is 15.7 Å². The van der Waals surface area contributed by atoms with Gasteiger partial charge in [-0.1, -0.05) is 32.0 Å². The van der Waals surface area contributed by atoms with E-state index in [1.54, 1.807) is 0 Å². The maximum atomic E-state index is 13.9. The number of aromatic nitrogens is 1. The molecule has 0 saturated heterocycles. The summed E-state index contributed by atoms with van der Waals surface area (Å²) in [7, 11) is 0. The molecule has 0 radical (unpaired) electrons. The molecule has 2 heterocycles. The van der Waals surface area contributed by atoms with Crippen LogP contribution in [0.15, 0.2) is 27.5 Å². The number of carbonyl (C=O) groups excluding carboxylic acids is 1. The monoisotopic (exact) mass is 456 g/mol. The normalized spacial score (nSPS) is 13.5. The largest absolute Gasteiger partial charge is 0.432 e. The van der Waals surface area contributed by atoms with Crippen LogP contribution in [0.25, 0.3) is 0 Å². The number of rotatable bonds is 4. The van der Waals surface area contributed by atoms with E-state index in [2.05, 4.69) is 21.2 Å². The van der Waals surface area contributed by atoms with E-state index >= 15 is 0 Å². The van der Waals surface area contributed by atoms with Crippen LogP contribution in [-0.4, -0.2) is 10.5 Å². The number of para-hydroxylation sites is 1. The molecule has 2 aromatic rings. The fraction of sp³-hybridized carbons (Fsp3) is 0.400. The summed E-state index contributed by atoms with van der Waals surface area (Å²) in [5.41, 5.74) is -0.576. The van der Waals surface area contributed by atoms with Crippen LogP contribution in [0.5, 0.6) is 0 Å². The van der Waals surface area contributed by atoms with Gasteiger partial charge in [0, 0.05) is 17.9 Å². The van der Waals surface area contributed by atoms with Crippen LogP contribution >= 0.6 is 15.9 Å². The predicted octanol–water partition coefficient (Wildman–Crippen LogP) is 4.95. The number of nitrogens with one attached hydrogen (secondary N) is 1. The van der Waals surface area contributed by atoms with Crippen LogP contribution in [0.1, 0.15) is 53.1 Å². The second-order valence-electron chi connectivity index (χ2n) is 6.68. The molecule has 0 saturated carbocycles. The van der Waals surface area contributed by atoms with E-state index in [1.165, 1.54) is 0 Å². The molecule has 1 amide bonds. The van der Waals surface area contributed by atoms with Gasteiger partial charge in [0.1, 0.15) is 11.3 Å². The van der Waals surface area contributed by atoms with Gasteiger partial charge in [0.05, 0.1) is 4.47 Å². The summed E-state index contributed by atoms with van der Waals surface area (Å²) in [5, 5.41) is 2.60. The van der Waals surface area contributed by atoms with Crippen LogP contribution in [0, 0.1) is 0 Å². The lowest BCUT2D eigenvalue weighted by Crippen LogP contribution is -2.33. The number of aryl methyl sites for hydroxylation is 2. The van der Waals surface area contributed by atoms with E-state index < -0.39 is 28.8 Å². The van der Waals surface area contributed by atoms with Crippen LogP contribution in [0.3, 0.4) is 0 Å². The highest BCUT2D eigenvalue weighted by Gasteiger charge is 2.42. The quantitative estimate of drug-likeness (QED) is 0.707. The second kappa shape index (κ2) is 7.73. The molecular formula is C20H20BrF3N2O2. The van der Waals surface area contributed by atoms with Gasteiger partial charge >= 0.3 is 6.18 Å². The Hall–Kier alpha value is -2.09. The van der Waals surface area contributed by atoms with Gasteiger partial charge in [-0.15, -0.1) is 0 Å². The number of hydrogen-bond donors (Lipinski definition) is 1. The smallest absolute Gasteiger partial charge is 0.339 e. The molecule has 0 unspecified atom stereocenters. The number of pyridine rings is 1. The zero-order valence-electron chi connectivity index (χ0n) is 15.5. The molecule has 3 rings (SSSR count). The first-order chi connectivity index (χ1) is 13.2. The topological polar surface area (TPSA) is 51.1 Å². The van der Waals surface area contributed by atoms with Crippen molar-refractivity contribution in [2.45, 2.75) is 52.3 Å². The first kappa shape index (κ1) is 20.6. The number of hydrogen-bond acceptors (Lipinski definition) is 2. The number of benzene rings is 1. The third-order valence-electron chi connectivity index (χ3n) is 5.04. The molecule has 0 atom stereocenters. The lowest BCUT2D eigenvalue weighted by molar-refractivity contribution is -0.144. The van der Waals surface area contributed by atoms with Crippen molar-refractivity contribution in [3.05, 3.63) is 61.0 Å². The summed E-state index contributed by atoms with van der Waals surface area (Å²) in [5.74, 6) is -1.03. The van der Waals surface area contributed by atoms with Crippen molar-refractivity contribution in [1.82, 2.24) is 4.57 Å². The highest BCUT2D eigenvalue weighted by Crippen LogP contribution is 2.36. The number of anilines is 1. The molecule has 0 aliphatic carbocycles. The summed E-state index contributed by atoms with van der Waals surface area (Å²) in [6.07, 6.45) is -2.77. The number of halogens is 4. The van der Waals surface area contributed by atoms with Crippen molar-refractivity contribution in [2.24, 2.45) is 0 Å². The summed E-state index contributed by atoms with van der Waals surface area (Å²) in [4.78, 5) is 25.7. The third-order valence-corrected chi connectivity index (χ3v) is 5.86. The average molecular weight is 457 g/mol. The van der Waals surface area contributed by atoms with Gasteiger partial charge in [0.2, 0.25) is 5.43 Å². The van der Waals surface area contributed by atoms with E-state index in [-0.39, 0.29) is 16.7 Å². The maximum Gasteiger partial charge on any atom is 0.432 e. The van der Waals surface area contributed by atoms with Gasteiger partial charge in [-0.25, -0.2) is 0 Å². The van der Waals surface area contributed by atoms with Gasteiger partial charge in [-0.2, -0.15) is 13.2 Å². The number of amides is 1. The number of nitrogens with zero attached hydrogens (tertiary/aromatic N) is 1. The van der Waals surface area contributed by atoms with Crippen molar-refractivity contribution < 1.29 is 18.0 Å². The minimum absolute atomic E-state index is 0.0302. The Balaban J connectivity index is 2.19. The van der Waals surface area contributed by atoms with E-state index in [9.17, 15) is 22.8 Å². The molecule has 1 aromatic carbocycles. The highest BCUT2D eigenvalue weighted by atomic mass is 79.9. The van der Waals surface area contributed by atoms with Gasteiger partial charge in [0.25, 0.3) is 5.91 Å². The molecule has 150 valence electrons. The molecule has 1 N–H and O–H groups in total. The molecule has 4 nitrogen and oxygen atoms in total. The number of carbonyl (C=O) groups is 1. The SMILES string of the molecule is CCc1cccc(CC)c1NC(=O)c1c(C(F)(F)F)n2c(c(Br)c1=O)CCC2. The maximum absolute atomic E-state index is 13.9. The van der Waals surface area contributed by atoms with Crippen molar-refractivity contribution in [1.29, 1.82) is 0 Å². The predicted molar refractivity (Wildman–Crippen MR) is 105 cm³/mol. The van der Waals surface area contributed by atoms with Crippen LogP contribution in [-0.2, 0) is 32.0 Å². The van der Waals surface area contributed by atoms with Crippen LogP contribution in [0.4, 0.5) is 18.9 Å². The zero-order chi connectivity index (χ0) is 20.6. The fourth-order valence-electron chi connectivity index (χ4n) is 3.72. The summed E-state index contributed by atoms with van der Waals surface area (Å²) >= 11 is 3.11. The van der Waals surface area contributed by atoms with E-state index in [0.29, 0.717) is 31.4 Å². The third kappa shape index (κ3) is 3.50. The second-order valence-corrected chi connectivity index (χ2v) is 7.47. The molecule has 28 heavy (non-hydrogen) atoms.